The molecule has 3 amide bonds. The molecule has 2 saturated heterocycles. The average molecular weight is 614 g/mol. The Kier molecular flexibility index (Phi) is 6.77. The zero-order valence-electron chi connectivity index (χ0n) is 26.5. The van der Waals surface area contributed by atoms with Gasteiger partial charge < -0.3 is 9.80 Å². The summed E-state index contributed by atoms with van der Waals surface area (Å²) in [6, 6.07) is 16.7. The van der Waals surface area contributed by atoms with Crippen LogP contribution in [-0.2, 0) is 14.4 Å². The Morgan fingerprint density at radius 1 is 0.913 bits per heavy atom. The fraction of sp³-hybridized carbons (Fsp3) is 0.421. The van der Waals surface area contributed by atoms with Gasteiger partial charge in [-0.3, -0.25) is 29.3 Å². The van der Waals surface area contributed by atoms with Crippen LogP contribution in [0.3, 0.4) is 0 Å². The number of hydrogen-bond acceptors (Lipinski definition) is 5. The summed E-state index contributed by atoms with van der Waals surface area (Å²) in [5, 5.41) is 2.24. The first kappa shape index (κ1) is 28.9. The van der Waals surface area contributed by atoms with E-state index >= 15 is 0 Å². The molecule has 5 aliphatic rings. The third kappa shape index (κ3) is 4.78. The number of amides is 3. The Labute approximate surface area is 269 Å². The first-order valence-electron chi connectivity index (χ1n) is 16.7. The summed E-state index contributed by atoms with van der Waals surface area (Å²) in [5.41, 5.74) is 6.50. The van der Waals surface area contributed by atoms with E-state index in [0.29, 0.717) is 44.9 Å². The highest BCUT2D eigenvalue weighted by Gasteiger charge is 2.53. The van der Waals surface area contributed by atoms with Gasteiger partial charge in [0.15, 0.2) is 0 Å². The molecule has 0 bridgehead atoms. The van der Waals surface area contributed by atoms with Crippen LogP contribution in [0.1, 0.15) is 51.5 Å². The molecule has 1 unspecified atom stereocenters. The van der Waals surface area contributed by atoms with Crippen molar-refractivity contribution >= 4 is 34.3 Å². The molecule has 2 aliphatic carbocycles. The topological polar surface area (TPSA) is 86.2 Å². The summed E-state index contributed by atoms with van der Waals surface area (Å²) in [6.45, 7) is 6.72. The van der Waals surface area contributed by atoms with Crippen molar-refractivity contribution in [3.05, 3.63) is 83.9 Å². The fourth-order valence-corrected chi connectivity index (χ4v) is 7.60. The lowest BCUT2D eigenvalue weighted by Crippen LogP contribution is -2.52. The average Bonchev–Trinajstić information content (AvgIpc) is 3.77. The second kappa shape index (κ2) is 10.8. The summed E-state index contributed by atoms with van der Waals surface area (Å²) in [4.78, 5) is 55.2. The molecule has 0 radical (unpaired) electrons. The van der Waals surface area contributed by atoms with Crippen LogP contribution in [0, 0.1) is 17.3 Å². The van der Waals surface area contributed by atoms with Gasteiger partial charge in [-0.25, -0.2) is 0 Å². The summed E-state index contributed by atoms with van der Waals surface area (Å²) >= 11 is 0. The van der Waals surface area contributed by atoms with Gasteiger partial charge in [-0.2, -0.15) is 0 Å². The van der Waals surface area contributed by atoms with Crippen molar-refractivity contribution in [1.82, 2.24) is 19.7 Å². The SMILES string of the molecule is CC(C)C(=O)N1CCC2(CC1)N=C(c1ccc(-c3ccc4cnccc4c3)cc1)N(CC1=C=CC13CCN(C(=O)C1CC1)C3)C2=O. The van der Waals surface area contributed by atoms with Crippen molar-refractivity contribution in [2.45, 2.75) is 51.5 Å². The number of carbonyl (C=O) groups excluding carboxylic acids is 3. The third-order valence-corrected chi connectivity index (χ3v) is 10.7. The minimum atomic E-state index is -0.876. The molecular weight excluding hydrogens is 574 g/mol. The van der Waals surface area contributed by atoms with E-state index < -0.39 is 5.54 Å². The van der Waals surface area contributed by atoms with Gasteiger partial charge in [-0.05, 0) is 66.8 Å². The molecule has 234 valence electrons. The van der Waals surface area contributed by atoms with E-state index in [1.165, 1.54) is 0 Å². The van der Waals surface area contributed by atoms with Gasteiger partial charge >= 0.3 is 0 Å². The number of carbonyl (C=O) groups is 3. The van der Waals surface area contributed by atoms with Crippen LogP contribution in [-0.4, -0.2) is 81.5 Å². The maximum absolute atomic E-state index is 14.4. The fourth-order valence-electron chi connectivity index (χ4n) is 7.60. The number of amidine groups is 1. The van der Waals surface area contributed by atoms with E-state index in [2.05, 4.69) is 59.3 Å². The van der Waals surface area contributed by atoms with Crippen molar-refractivity contribution in [2.24, 2.45) is 22.2 Å². The molecule has 3 aromatic rings. The molecule has 2 spiro atoms. The minimum absolute atomic E-state index is 0.00613. The minimum Gasteiger partial charge on any atom is -0.342 e. The zero-order valence-corrected chi connectivity index (χ0v) is 26.5. The van der Waals surface area contributed by atoms with Crippen molar-refractivity contribution in [1.29, 1.82) is 0 Å². The largest absolute Gasteiger partial charge is 0.342 e. The Balaban J connectivity index is 1.08. The lowest BCUT2D eigenvalue weighted by atomic mass is 9.73. The van der Waals surface area contributed by atoms with Crippen LogP contribution < -0.4 is 0 Å². The molecule has 1 atom stereocenters. The molecule has 1 aromatic heterocycles. The van der Waals surface area contributed by atoms with Gasteiger partial charge in [0.1, 0.15) is 11.4 Å². The first-order chi connectivity index (χ1) is 22.3. The molecule has 46 heavy (non-hydrogen) atoms. The molecule has 8 nitrogen and oxygen atoms in total. The Morgan fingerprint density at radius 2 is 1.63 bits per heavy atom. The Bertz CT molecular complexity index is 1860. The summed E-state index contributed by atoms with van der Waals surface area (Å²) in [6.07, 6.45) is 9.69. The van der Waals surface area contributed by atoms with Gasteiger partial charge in [-0.1, -0.05) is 50.2 Å². The molecule has 8 heteroatoms. The van der Waals surface area contributed by atoms with Crippen molar-refractivity contribution < 1.29 is 14.4 Å². The molecule has 2 aromatic carbocycles. The van der Waals surface area contributed by atoms with Crippen molar-refractivity contribution in [3.8, 4) is 11.1 Å². The number of nitrogens with zero attached hydrogens (tertiary/aromatic N) is 5. The number of fused-ring (bicyclic) bond motifs is 1. The van der Waals surface area contributed by atoms with Crippen LogP contribution in [0.2, 0.25) is 0 Å². The van der Waals surface area contributed by atoms with Crippen molar-refractivity contribution in [2.75, 3.05) is 32.7 Å². The highest BCUT2D eigenvalue weighted by atomic mass is 16.2. The monoisotopic (exact) mass is 613 g/mol. The Hall–Kier alpha value is -4.55. The number of likely N-dealkylation sites (tertiary alicyclic amines) is 2. The predicted octanol–water partition coefficient (Wildman–Crippen LogP) is 5.23. The van der Waals surface area contributed by atoms with E-state index in [9.17, 15) is 14.4 Å². The molecule has 0 N–H and O–H groups in total. The van der Waals surface area contributed by atoms with Crippen LogP contribution in [0.15, 0.2) is 83.3 Å². The third-order valence-electron chi connectivity index (χ3n) is 10.7. The van der Waals surface area contributed by atoms with Crippen LogP contribution in [0.25, 0.3) is 21.9 Å². The van der Waals surface area contributed by atoms with Crippen molar-refractivity contribution in [3.63, 3.8) is 0 Å². The number of aromatic nitrogens is 1. The molecular formula is C38H39N5O3. The van der Waals surface area contributed by atoms with E-state index in [-0.39, 0.29) is 35.0 Å². The lowest BCUT2D eigenvalue weighted by Gasteiger charge is -2.38. The van der Waals surface area contributed by atoms with Crippen LogP contribution in [0.4, 0.5) is 0 Å². The molecule has 4 heterocycles. The number of rotatable bonds is 6. The number of pyridine rings is 1. The highest BCUT2D eigenvalue weighted by molar-refractivity contribution is 6.15. The number of aliphatic imine (C=N–C) groups is 1. The van der Waals surface area contributed by atoms with E-state index in [1.54, 1.807) is 0 Å². The number of piperidine rings is 1. The zero-order chi connectivity index (χ0) is 31.6. The van der Waals surface area contributed by atoms with E-state index in [0.717, 1.165) is 58.8 Å². The first-order valence-corrected chi connectivity index (χ1v) is 16.7. The predicted molar refractivity (Wildman–Crippen MR) is 177 cm³/mol. The summed E-state index contributed by atoms with van der Waals surface area (Å²) in [5.74, 6) is 1.22. The van der Waals surface area contributed by atoms with Gasteiger partial charge in [0, 0.05) is 72.3 Å². The second-order valence-electron chi connectivity index (χ2n) is 14.1. The number of benzene rings is 2. The van der Waals surface area contributed by atoms with Crippen LogP contribution in [0.5, 0.6) is 0 Å². The van der Waals surface area contributed by atoms with Gasteiger partial charge in [0.25, 0.3) is 5.91 Å². The Morgan fingerprint density at radius 3 is 2.33 bits per heavy atom. The molecule has 3 fully saturated rings. The molecule has 3 aliphatic heterocycles. The van der Waals surface area contributed by atoms with Gasteiger partial charge in [-0.15, -0.1) is 5.73 Å². The maximum Gasteiger partial charge on any atom is 0.256 e. The summed E-state index contributed by atoms with van der Waals surface area (Å²) < 4.78 is 0. The van der Waals surface area contributed by atoms with E-state index in [4.69, 9.17) is 4.99 Å². The summed E-state index contributed by atoms with van der Waals surface area (Å²) in [7, 11) is 0. The molecule has 8 rings (SSSR count). The smallest absolute Gasteiger partial charge is 0.256 e. The number of hydrogen-bond donors (Lipinski definition) is 0. The highest BCUT2D eigenvalue weighted by Crippen LogP contribution is 2.46. The maximum atomic E-state index is 14.4. The van der Waals surface area contributed by atoms with Gasteiger partial charge in [0.2, 0.25) is 11.8 Å². The van der Waals surface area contributed by atoms with Crippen LogP contribution >= 0.6 is 0 Å². The normalized spacial score (nSPS) is 23.5. The second-order valence-corrected chi connectivity index (χ2v) is 14.1. The lowest BCUT2D eigenvalue weighted by molar-refractivity contribution is -0.140. The standard InChI is InChI=1S/C38H39N5O3/c1-25(2)34(44)41-19-15-38(16-20-41)36(46)43(23-32-11-13-37(32)14-18-42(24-37)35(45)28-7-8-28)33(40-38)27-5-3-26(4-6-27)29-9-10-31-22-39-17-12-30(31)21-29/h3-6,9-10,12-13,17,21-22,25,28H,7-8,14-16,18-20,23-24H2,1-2H3. The van der Waals surface area contributed by atoms with Gasteiger partial charge in [0.05, 0.1) is 6.54 Å². The van der Waals surface area contributed by atoms with E-state index in [1.807, 2.05) is 47.0 Å². The quantitative estimate of drug-likeness (QED) is 0.357. The molecule has 1 saturated carbocycles.